The van der Waals surface area contributed by atoms with E-state index in [-0.39, 0.29) is 0 Å². The lowest BCUT2D eigenvalue weighted by Crippen LogP contribution is -2.28. The lowest BCUT2D eigenvalue weighted by Gasteiger charge is -2.34. The van der Waals surface area contributed by atoms with Gasteiger partial charge in [-0.15, -0.1) is 0 Å². The van der Waals surface area contributed by atoms with Crippen molar-refractivity contribution >= 4 is 43.9 Å². The highest BCUT2D eigenvalue weighted by atomic mass is 16.3. The summed E-state index contributed by atoms with van der Waals surface area (Å²) in [6.07, 6.45) is 0. The zero-order chi connectivity index (χ0) is 45.5. The molecule has 1 aliphatic rings. The third-order valence-corrected chi connectivity index (χ3v) is 14.1. The molecule has 5 heteroatoms. The molecule has 0 saturated carbocycles. The molecule has 10 aromatic carbocycles. The molecule has 13 aromatic rings. The zero-order valence-corrected chi connectivity index (χ0v) is 37.2. The quantitative estimate of drug-likeness (QED) is 0.160. The predicted molar refractivity (Wildman–Crippen MR) is 279 cm³/mol. The van der Waals surface area contributed by atoms with E-state index < -0.39 is 5.41 Å². The minimum absolute atomic E-state index is 0.458. The minimum Gasteiger partial charge on any atom is -0.456 e. The second-order valence-electron chi connectivity index (χ2n) is 17.8. The third kappa shape index (κ3) is 6.00. The Morgan fingerprint density at radius 3 is 1.64 bits per heavy atom. The Labute approximate surface area is 397 Å². The molecule has 0 saturated heterocycles. The van der Waals surface area contributed by atoms with Gasteiger partial charge in [0.2, 0.25) is 0 Å². The van der Waals surface area contributed by atoms with E-state index >= 15 is 0 Å². The number of aromatic nitrogens is 3. The van der Waals surface area contributed by atoms with Crippen molar-refractivity contribution in [3.05, 3.63) is 259 Å². The van der Waals surface area contributed by atoms with Crippen molar-refractivity contribution in [3.63, 3.8) is 0 Å². The fourth-order valence-electron chi connectivity index (χ4n) is 11.0. The first-order chi connectivity index (χ1) is 34.2. The molecular weight excluding hydrogens is 843 g/mol. The smallest absolute Gasteiger partial charge is 0.167 e. The highest BCUT2D eigenvalue weighted by Crippen LogP contribution is 2.58. The van der Waals surface area contributed by atoms with Gasteiger partial charge in [-0.25, -0.2) is 15.0 Å². The molecule has 0 bridgehead atoms. The van der Waals surface area contributed by atoms with Crippen LogP contribution in [0.15, 0.2) is 245 Å². The zero-order valence-electron chi connectivity index (χ0n) is 37.2. The number of rotatable bonds is 7. The third-order valence-electron chi connectivity index (χ3n) is 14.1. The highest BCUT2D eigenvalue weighted by Gasteiger charge is 2.46. The van der Waals surface area contributed by atoms with Crippen molar-refractivity contribution in [2.24, 2.45) is 0 Å². The normalized spacial score (nSPS) is 12.8. The van der Waals surface area contributed by atoms with Gasteiger partial charge in [-0.3, -0.25) is 0 Å². The molecule has 0 atom stereocenters. The van der Waals surface area contributed by atoms with Crippen LogP contribution in [0.1, 0.15) is 22.3 Å². The van der Waals surface area contributed by atoms with Crippen LogP contribution in [0.25, 0.3) is 111 Å². The molecule has 0 fully saturated rings. The van der Waals surface area contributed by atoms with Crippen molar-refractivity contribution in [2.75, 3.05) is 0 Å². The lowest BCUT2D eigenvalue weighted by molar-refractivity contribution is 0.668. The van der Waals surface area contributed by atoms with E-state index in [9.17, 15) is 0 Å². The van der Waals surface area contributed by atoms with Crippen molar-refractivity contribution in [3.8, 4) is 67.5 Å². The number of furan rings is 2. The summed E-state index contributed by atoms with van der Waals surface area (Å²) in [6.45, 7) is 0. The largest absolute Gasteiger partial charge is 0.456 e. The highest BCUT2D eigenvalue weighted by molar-refractivity contribution is 6.13. The molecule has 14 rings (SSSR count). The van der Waals surface area contributed by atoms with Crippen LogP contribution < -0.4 is 0 Å². The summed E-state index contributed by atoms with van der Waals surface area (Å²) in [5, 5.41) is 4.00. The summed E-state index contributed by atoms with van der Waals surface area (Å²) >= 11 is 0. The monoisotopic (exact) mass is 881 g/mol. The van der Waals surface area contributed by atoms with Gasteiger partial charge >= 0.3 is 0 Å². The second kappa shape index (κ2) is 15.4. The molecule has 1 aliphatic carbocycles. The van der Waals surface area contributed by atoms with Gasteiger partial charge in [0.1, 0.15) is 22.3 Å². The van der Waals surface area contributed by atoms with Crippen molar-refractivity contribution in [1.29, 1.82) is 0 Å². The SMILES string of the molecule is c1ccc(-c2nc(-c3cccc4c3oc3ccccc34)nc(-c3cccc4oc5ccc(-c6ccc(-c7cccc8c7-c7ccccc7C8(c7ccccc7)c7ccccc7)cc6)cc5c34)n2)cc1. The molecule has 0 N–H and O–H groups in total. The maximum Gasteiger partial charge on any atom is 0.167 e. The summed E-state index contributed by atoms with van der Waals surface area (Å²) in [6, 6.07) is 83.6. The van der Waals surface area contributed by atoms with Gasteiger partial charge in [0.15, 0.2) is 17.5 Å². The first-order valence-electron chi connectivity index (χ1n) is 23.3. The van der Waals surface area contributed by atoms with E-state index in [0.29, 0.717) is 17.5 Å². The lowest BCUT2D eigenvalue weighted by atomic mass is 9.67. The van der Waals surface area contributed by atoms with Gasteiger partial charge < -0.3 is 8.83 Å². The number of hydrogen-bond acceptors (Lipinski definition) is 5. The molecule has 3 heterocycles. The van der Waals surface area contributed by atoms with Gasteiger partial charge in [-0.05, 0) is 86.0 Å². The summed E-state index contributed by atoms with van der Waals surface area (Å²) in [5.41, 5.74) is 17.4. The van der Waals surface area contributed by atoms with E-state index in [0.717, 1.165) is 77.3 Å². The van der Waals surface area contributed by atoms with Gasteiger partial charge in [0.25, 0.3) is 0 Å². The topological polar surface area (TPSA) is 65.0 Å². The van der Waals surface area contributed by atoms with Crippen LogP contribution in [0.5, 0.6) is 0 Å². The van der Waals surface area contributed by atoms with Crippen molar-refractivity contribution < 1.29 is 8.83 Å². The molecule has 0 spiro atoms. The Hall–Kier alpha value is -9.19. The summed E-state index contributed by atoms with van der Waals surface area (Å²) < 4.78 is 13.1. The minimum atomic E-state index is -0.458. The molecule has 322 valence electrons. The Balaban J connectivity index is 0.892. The van der Waals surface area contributed by atoms with E-state index in [1.807, 2.05) is 72.8 Å². The number of nitrogens with zero attached hydrogens (tertiary/aromatic N) is 3. The Kier molecular flexibility index (Phi) is 8.73. The summed E-state index contributed by atoms with van der Waals surface area (Å²) in [7, 11) is 0. The molecule has 0 radical (unpaired) electrons. The number of benzene rings is 10. The van der Waals surface area contributed by atoms with Crippen LogP contribution in [0.2, 0.25) is 0 Å². The average molecular weight is 882 g/mol. The van der Waals surface area contributed by atoms with Gasteiger partial charge in [-0.2, -0.15) is 0 Å². The number of hydrogen-bond donors (Lipinski definition) is 0. The van der Waals surface area contributed by atoms with Crippen LogP contribution in [-0.2, 0) is 5.41 Å². The summed E-state index contributed by atoms with van der Waals surface area (Å²) in [5.74, 6) is 1.66. The fourth-order valence-corrected chi connectivity index (χ4v) is 11.0. The molecule has 0 unspecified atom stereocenters. The Morgan fingerprint density at radius 2 is 0.841 bits per heavy atom. The number of para-hydroxylation sites is 2. The molecule has 5 nitrogen and oxygen atoms in total. The van der Waals surface area contributed by atoms with Gasteiger partial charge in [0.05, 0.1) is 11.0 Å². The van der Waals surface area contributed by atoms with E-state index in [4.69, 9.17) is 23.8 Å². The van der Waals surface area contributed by atoms with E-state index in [1.165, 1.54) is 38.9 Å². The standard InChI is InChI=1S/C64H39N3O2/c1-4-17-42(18-5-1)61-65-62(67-63(66-61)51-28-14-26-48-47-23-11-13-31-55(47)69-60(48)51)50-27-16-32-57-59(50)52-39-43(37-38-56(52)68-57)40-33-35-41(36-34-40)46-25-15-30-54-58(46)49-24-10-12-29-53(49)64(54,44-19-6-2-7-20-44)45-21-8-3-9-22-45/h1-39H. The summed E-state index contributed by atoms with van der Waals surface area (Å²) in [4.78, 5) is 15.5. The first kappa shape index (κ1) is 39.0. The van der Waals surface area contributed by atoms with Gasteiger partial charge in [-0.1, -0.05) is 206 Å². The van der Waals surface area contributed by atoms with Crippen LogP contribution in [-0.4, -0.2) is 15.0 Å². The predicted octanol–water partition coefficient (Wildman–Crippen LogP) is 16.4. The van der Waals surface area contributed by atoms with Crippen LogP contribution in [0.3, 0.4) is 0 Å². The average Bonchev–Trinajstić information content (AvgIpc) is 4.10. The Bertz CT molecular complexity index is 4080. The second-order valence-corrected chi connectivity index (χ2v) is 17.8. The van der Waals surface area contributed by atoms with E-state index in [1.54, 1.807) is 0 Å². The maximum atomic E-state index is 6.57. The van der Waals surface area contributed by atoms with Crippen molar-refractivity contribution in [1.82, 2.24) is 15.0 Å². The van der Waals surface area contributed by atoms with Crippen LogP contribution in [0, 0.1) is 0 Å². The fraction of sp³-hybridized carbons (Fsp3) is 0.0156. The molecule has 0 amide bonds. The molecular formula is C64H39N3O2. The first-order valence-corrected chi connectivity index (χ1v) is 23.3. The van der Waals surface area contributed by atoms with E-state index in [2.05, 4.69) is 164 Å². The molecule has 0 aliphatic heterocycles. The molecule has 3 aromatic heterocycles. The van der Waals surface area contributed by atoms with Crippen LogP contribution in [0.4, 0.5) is 0 Å². The van der Waals surface area contributed by atoms with Crippen molar-refractivity contribution in [2.45, 2.75) is 5.41 Å². The Morgan fingerprint density at radius 1 is 0.304 bits per heavy atom. The number of fused-ring (bicyclic) bond motifs is 9. The van der Waals surface area contributed by atoms with Gasteiger partial charge in [0, 0.05) is 32.7 Å². The molecule has 69 heavy (non-hydrogen) atoms. The van der Waals surface area contributed by atoms with Crippen LogP contribution >= 0.6 is 0 Å². The maximum absolute atomic E-state index is 6.57.